The molecule has 148 valence electrons. The van der Waals surface area contributed by atoms with Crippen molar-refractivity contribution in [3.63, 3.8) is 0 Å². The molecule has 0 atom stereocenters. The van der Waals surface area contributed by atoms with E-state index in [9.17, 15) is 13.2 Å². The Morgan fingerprint density at radius 2 is 2.15 bits per heavy atom. The summed E-state index contributed by atoms with van der Waals surface area (Å²) < 4.78 is 42.9. The van der Waals surface area contributed by atoms with Crippen molar-refractivity contribution >= 4 is 17.3 Å². The molecule has 1 saturated carbocycles. The van der Waals surface area contributed by atoms with Crippen LogP contribution in [0.1, 0.15) is 30.5 Å². The first-order valence-corrected chi connectivity index (χ1v) is 9.58. The lowest BCUT2D eigenvalue weighted by molar-refractivity contribution is -0.140. The second-order valence-corrected chi connectivity index (χ2v) is 6.95. The molecule has 1 aromatic rings. The fourth-order valence-corrected chi connectivity index (χ4v) is 3.17. The minimum atomic E-state index is -4.41. The van der Waals surface area contributed by atoms with Gasteiger partial charge in [-0.25, -0.2) is 9.98 Å². The predicted octanol–water partition coefficient (Wildman–Crippen LogP) is 2.33. The minimum Gasteiger partial charge on any atom is -0.383 e. The first-order chi connectivity index (χ1) is 12.4. The van der Waals surface area contributed by atoms with E-state index < -0.39 is 11.9 Å². The lowest BCUT2D eigenvalue weighted by Crippen LogP contribution is -2.42. The summed E-state index contributed by atoms with van der Waals surface area (Å²) in [6.45, 7) is 5.91. The molecule has 10 heteroatoms. The molecular weight excluding hydrogens is 367 g/mol. The van der Waals surface area contributed by atoms with E-state index in [1.807, 2.05) is 6.92 Å². The van der Waals surface area contributed by atoms with Gasteiger partial charge in [0.05, 0.1) is 13.2 Å². The Labute approximate surface area is 155 Å². The van der Waals surface area contributed by atoms with Crippen molar-refractivity contribution in [3.8, 4) is 0 Å². The second kappa shape index (κ2) is 10.1. The zero-order chi connectivity index (χ0) is 19.0. The van der Waals surface area contributed by atoms with Crippen molar-refractivity contribution in [1.82, 2.24) is 20.5 Å². The average Bonchev–Trinajstić information content (AvgIpc) is 3.31. The standard InChI is InChI=1S/C16H26F3N5OS/c1-3-20-15(21-6-7-24(8-9-25-2)12-4-5-12)22-10-14-23-13(11-26-14)16(17,18)19/h11-12H,3-10H2,1-2H3,(H2,20,21,22). The highest BCUT2D eigenvalue weighted by Crippen LogP contribution is 2.30. The molecular formula is C16H26F3N5OS. The Morgan fingerprint density at radius 1 is 1.38 bits per heavy atom. The number of rotatable bonds is 10. The fourth-order valence-electron chi connectivity index (χ4n) is 2.45. The molecule has 2 N–H and O–H groups in total. The third kappa shape index (κ3) is 7.08. The predicted molar refractivity (Wildman–Crippen MR) is 96.4 cm³/mol. The molecule has 0 aliphatic heterocycles. The number of hydrogen-bond acceptors (Lipinski definition) is 5. The van der Waals surface area contributed by atoms with Gasteiger partial charge in [0.15, 0.2) is 11.7 Å². The number of guanidine groups is 1. The Hall–Kier alpha value is -1.39. The third-order valence-corrected chi connectivity index (χ3v) is 4.73. The topological polar surface area (TPSA) is 61.8 Å². The number of thiazole rings is 1. The summed E-state index contributed by atoms with van der Waals surface area (Å²) in [6, 6.07) is 0.641. The van der Waals surface area contributed by atoms with Crippen LogP contribution in [0.5, 0.6) is 0 Å². The summed E-state index contributed by atoms with van der Waals surface area (Å²) in [5.41, 5.74) is -0.858. The normalized spacial score (nSPS) is 15.5. The number of alkyl halides is 3. The smallest absolute Gasteiger partial charge is 0.383 e. The molecule has 0 radical (unpaired) electrons. The zero-order valence-electron chi connectivity index (χ0n) is 15.1. The van der Waals surface area contributed by atoms with Gasteiger partial charge in [0, 0.05) is 44.7 Å². The molecule has 0 spiro atoms. The van der Waals surface area contributed by atoms with E-state index in [1.165, 1.54) is 12.8 Å². The van der Waals surface area contributed by atoms with Crippen LogP contribution in [-0.2, 0) is 17.5 Å². The SMILES string of the molecule is CCNC(=NCc1nc(C(F)(F)F)cs1)NCCN(CCOC)C1CC1. The zero-order valence-corrected chi connectivity index (χ0v) is 15.9. The van der Waals surface area contributed by atoms with Crippen LogP contribution in [0.2, 0.25) is 0 Å². The van der Waals surface area contributed by atoms with Gasteiger partial charge in [-0.3, -0.25) is 4.90 Å². The lowest BCUT2D eigenvalue weighted by Gasteiger charge is -2.22. The van der Waals surface area contributed by atoms with Gasteiger partial charge in [0.1, 0.15) is 5.01 Å². The second-order valence-electron chi connectivity index (χ2n) is 6.01. The van der Waals surface area contributed by atoms with Crippen LogP contribution in [0.25, 0.3) is 0 Å². The fraction of sp³-hybridized carbons (Fsp3) is 0.750. The maximum Gasteiger partial charge on any atom is 0.434 e. The molecule has 0 saturated heterocycles. The number of methoxy groups -OCH3 is 1. The number of aromatic nitrogens is 1. The van der Waals surface area contributed by atoms with E-state index >= 15 is 0 Å². The van der Waals surface area contributed by atoms with Crippen LogP contribution in [0.3, 0.4) is 0 Å². The van der Waals surface area contributed by atoms with Crippen molar-refractivity contribution in [1.29, 1.82) is 0 Å². The first kappa shape index (κ1) is 20.9. The van der Waals surface area contributed by atoms with Crippen molar-refractivity contribution in [2.45, 2.75) is 38.5 Å². The van der Waals surface area contributed by atoms with Gasteiger partial charge >= 0.3 is 6.18 Å². The van der Waals surface area contributed by atoms with E-state index in [0.717, 1.165) is 29.8 Å². The largest absolute Gasteiger partial charge is 0.434 e. The van der Waals surface area contributed by atoms with Crippen LogP contribution < -0.4 is 10.6 Å². The highest BCUT2D eigenvalue weighted by Gasteiger charge is 2.33. The Balaban J connectivity index is 1.83. The molecule has 0 aromatic carbocycles. The monoisotopic (exact) mass is 393 g/mol. The molecule has 0 bridgehead atoms. The van der Waals surface area contributed by atoms with E-state index in [1.54, 1.807) is 7.11 Å². The number of ether oxygens (including phenoxy) is 1. The Kier molecular flexibility index (Phi) is 8.11. The molecule has 6 nitrogen and oxygen atoms in total. The van der Waals surface area contributed by atoms with Gasteiger partial charge in [0.25, 0.3) is 0 Å². The third-order valence-electron chi connectivity index (χ3n) is 3.90. The van der Waals surface area contributed by atoms with Gasteiger partial charge in [-0.2, -0.15) is 13.2 Å². The lowest BCUT2D eigenvalue weighted by atomic mass is 10.4. The summed E-state index contributed by atoms with van der Waals surface area (Å²) in [6.07, 6.45) is -1.96. The molecule has 1 aliphatic rings. The number of nitrogens with zero attached hydrogens (tertiary/aromatic N) is 3. The average molecular weight is 393 g/mol. The molecule has 26 heavy (non-hydrogen) atoms. The number of halogens is 3. The summed E-state index contributed by atoms with van der Waals surface area (Å²) in [7, 11) is 1.70. The molecule has 1 aromatic heterocycles. The first-order valence-electron chi connectivity index (χ1n) is 8.70. The molecule has 0 unspecified atom stereocenters. The summed E-state index contributed by atoms with van der Waals surface area (Å²) >= 11 is 0.971. The van der Waals surface area contributed by atoms with Gasteiger partial charge in [-0.15, -0.1) is 11.3 Å². The van der Waals surface area contributed by atoms with Crippen molar-refractivity contribution in [3.05, 3.63) is 16.1 Å². The van der Waals surface area contributed by atoms with E-state index in [-0.39, 0.29) is 6.54 Å². The van der Waals surface area contributed by atoms with Gasteiger partial charge < -0.3 is 15.4 Å². The maximum atomic E-state index is 12.6. The van der Waals surface area contributed by atoms with Crippen LogP contribution >= 0.6 is 11.3 Å². The minimum absolute atomic E-state index is 0.117. The molecule has 1 heterocycles. The molecule has 1 fully saturated rings. The van der Waals surface area contributed by atoms with E-state index in [0.29, 0.717) is 36.7 Å². The van der Waals surface area contributed by atoms with Crippen LogP contribution in [-0.4, -0.2) is 61.8 Å². The summed E-state index contributed by atoms with van der Waals surface area (Å²) in [4.78, 5) is 10.3. The Morgan fingerprint density at radius 3 is 2.73 bits per heavy atom. The van der Waals surface area contributed by atoms with Crippen LogP contribution in [0, 0.1) is 0 Å². The highest BCUT2D eigenvalue weighted by molar-refractivity contribution is 7.09. The van der Waals surface area contributed by atoms with E-state index in [2.05, 4.69) is 25.5 Å². The van der Waals surface area contributed by atoms with Crippen LogP contribution in [0.4, 0.5) is 13.2 Å². The molecule has 2 rings (SSSR count). The van der Waals surface area contributed by atoms with Crippen molar-refractivity contribution in [2.24, 2.45) is 4.99 Å². The quantitative estimate of drug-likeness (QED) is 0.472. The molecule has 1 aliphatic carbocycles. The van der Waals surface area contributed by atoms with Crippen molar-refractivity contribution < 1.29 is 17.9 Å². The van der Waals surface area contributed by atoms with Gasteiger partial charge in [0.2, 0.25) is 0 Å². The summed E-state index contributed by atoms with van der Waals surface area (Å²) in [5, 5.41) is 7.69. The maximum absolute atomic E-state index is 12.6. The number of aliphatic imine (C=N–C) groups is 1. The van der Waals surface area contributed by atoms with Crippen molar-refractivity contribution in [2.75, 3.05) is 39.9 Å². The Bertz CT molecular complexity index is 574. The highest BCUT2D eigenvalue weighted by atomic mass is 32.1. The number of hydrogen-bond donors (Lipinski definition) is 2. The van der Waals surface area contributed by atoms with E-state index in [4.69, 9.17) is 4.74 Å². The van der Waals surface area contributed by atoms with Crippen LogP contribution in [0.15, 0.2) is 10.4 Å². The van der Waals surface area contributed by atoms with Gasteiger partial charge in [-0.1, -0.05) is 0 Å². The molecule has 0 amide bonds. The summed E-state index contributed by atoms with van der Waals surface area (Å²) in [5.74, 6) is 0.582. The number of nitrogens with one attached hydrogen (secondary N) is 2. The van der Waals surface area contributed by atoms with Gasteiger partial charge in [-0.05, 0) is 19.8 Å².